The number of anilines is 3. The molecule has 0 saturated heterocycles. The summed E-state index contributed by atoms with van der Waals surface area (Å²) in [7, 11) is 0. The molecule has 61 heavy (non-hydrogen) atoms. The van der Waals surface area contributed by atoms with Gasteiger partial charge in [-0.3, -0.25) is 0 Å². The van der Waals surface area contributed by atoms with Gasteiger partial charge in [-0.2, -0.15) is 0 Å². The van der Waals surface area contributed by atoms with Gasteiger partial charge in [-0.1, -0.05) is 188 Å². The van der Waals surface area contributed by atoms with Crippen LogP contribution in [0.4, 0.5) is 17.1 Å². The Labute approximate surface area is 357 Å². The van der Waals surface area contributed by atoms with Crippen LogP contribution in [0.25, 0.3) is 88.0 Å². The lowest BCUT2D eigenvalue weighted by Gasteiger charge is -2.26. The number of benzene rings is 11. The van der Waals surface area contributed by atoms with E-state index in [2.05, 4.69) is 254 Å². The number of hydrogen-bond donors (Lipinski definition) is 0. The van der Waals surface area contributed by atoms with E-state index in [9.17, 15) is 0 Å². The minimum absolute atomic E-state index is 1.09. The van der Waals surface area contributed by atoms with Crippen LogP contribution in [0.1, 0.15) is 0 Å². The van der Waals surface area contributed by atoms with Crippen LogP contribution in [0, 0.1) is 0 Å². The minimum atomic E-state index is 1.09. The molecule has 11 aromatic rings. The molecule has 0 aliphatic heterocycles. The van der Waals surface area contributed by atoms with Crippen molar-refractivity contribution in [2.45, 2.75) is 0 Å². The fourth-order valence-corrected chi connectivity index (χ4v) is 8.78. The van der Waals surface area contributed by atoms with Crippen LogP contribution in [0.15, 0.2) is 249 Å². The van der Waals surface area contributed by atoms with Crippen molar-refractivity contribution < 1.29 is 0 Å². The average Bonchev–Trinajstić information content (AvgIpc) is 3.34. The van der Waals surface area contributed by atoms with Crippen LogP contribution >= 0.6 is 0 Å². The highest BCUT2D eigenvalue weighted by molar-refractivity contribution is 5.95. The second-order valence-electron chi connectivity index (χ2n) is 15.8. The van der Waals surface area contributed by atoms with Crippen molar-refractivity contribution in [1.82, 2.24) is 0 Å². The second kappa shape index (κ2) is 15.6. The van der Waals surface area contributed by atoms with Gasteiger partial charge < -0.3 is 4.90 Å². The van der Waals surface area contributed by atoms with E-state index in [1.54, 1.807) is 0 Å². The van der Waals surface area contributed by atoms with Gasteiger partial charge in [0.2, 0.25) is 0 Å². The van der Waals surface area contributed by atoms with Gasteiger partial charge in [0.15, 0.2) is 0 Å². The van der Waals surface area contributed by atoms with Gasteiger partial charge in [-0.15, -0.1) is 0 Å². The molecule has 286 valence electrons. The van der Waals surface area contributed by atoms with Gasteiger partial charge in [0, 0.05) is 17.1 Å². The molecule has 0 fully saturated rings. The van der Waals surface area contributed by atoms with Crippen LogP contribution in [-0.2, 0) is 0 Å². The maximum absolute atomic E-state index is 2.37. The Kier molecular flexibility index (Phi) is 9.26. The predicted molar refractivity (Wildman–Crippen MR) is 261 cm³/mol. The molecular weight excluding hydrogens is 735 g/mol. The van der Waals surface area contributed by atoms with Gasteiger partial charge in [0.25, 0.3) is 0 Å². The first-order valence-corrected chi connectivity index (χ1v) is 21.0. The van der Waals surface area contributed by atoms with E-state index in [-0.39, 0.29) is 0 Å². The van der Waals surface area contributed by atoms with Crippen molar-refractivity contribution in [3.8, 4) is 55.6 Å². The molecule has 0 saturated carbocycles. The van der Waals surface area contributed by atoms with Crippen molar-refractivity contribution in [2.75, 3.05) is 4.90 Å². The summed E-state index contributed by atoms with van der Waals surface area (Å²) in [6, 6.07) is 90.6. The van der Waals surface area contributed by atoms with E-state index in [4.69, 9.17) is 0 Å². The maximum atomic E-state index is 2.37. The first-order valence-electron chi connectivity index (χ1n) is 21.0. The van der Waals surface area contributed by atoms with E-state index in [1.807, 2.05) is 0 Å². The molecule has 0 amide bonds. The SMILES string of the molecule is c1ccc(-c2ccc(N(c3ccc(-c4ccc5ccccc5c4)cc3)c3ccc(-c4cc(-c5ccc6ccccc6c5)ccc4-c4ccc5ccccc5c4)cc3)cc2)cc1. The van der Waals surface area contributed by atoms with Crippen molar-refractivity contribution in [2.24, 2.45) is 0 Å². The molecule has 0 unspecified atom stereocenters. The number of fused-ring (bicyclic) bond motifs is 3. The summed E-state index contributed by atoms with van der Waals surface area (Å²) in [4.78, 5) is 2.36. The van der Waals surface area contributed by atoms with E-state index >= 15 is 0 Å². The normalized spacial score (nSPS) is 11.3. The Bertz CT molecular complexity index is 3330. The molecule has 0 atom stereocenters. The number of rotatable bonds is 8. The zero-order valence-electron chi connectivity index (χ0n) is 33.6. The molecule has 0 N–H and O–H groups in total. The lowest BCUT2D eigenvalue weighted by molar-refractivity contribution is 1.28. The molecule has 0 aromatic heterocycles. The number of hydrogen-bond acceptors (Lipinski definition) is 1. The van der Waals surface area contributed by atoms with Crippen LogP contribution in [-0.4, -0.2) is 0 Å². The maximum Gasteiger partial charge on any atom is 0.0462 e. The predicted octanol–water partition coefficient (Wildman–Crippen LogP) is 17.0. The zero-order chi connectivity index (χ0) is 40.5. The highest BCUT2D eigenvalue weighted by Crippen LogP contribution is 2.41. The summed E-state index contributed by atoms with van der Waals surface area (Å²) < 4.78 is 0. The van der Waals surface area contributed by atoms with Crippen LogP contribution < -0.4 is 4.90 Å². The van der Waals surface area contributed by atoms with Crippen LogP contribution in [0.2, 0.25) is 0 Å². The smallest absolute Gasteiger partial charge is 0.0462 e. The molecule has 0 spiro atoms. The Balaban J connectivity index is 1.01. The van der Waals surface area contributed by atoms with Gasteiger partial charge in [0.05, 0.1) is 0 Å². The highest BCUT2D eigenvalue weighted by atomic mass is 15.1. The fraction of sp³-hybridized carbons (Fsp3) is 0. The second-order valence-corrected chi connectivity index (χ2v) is 15.8. The molecular formula is C60H41N. The van der Waals surface area contributed by atoms with Crippen molar-refractivity contribution in [3.05, 3.63) is 249 Å². The summed E-state index contributed by atoms with van der Waals surface area (Å²) in [5.41, 5.74) is 15.3. The monoisotopic (exact) mass is 775 g/mol. The van der Waals surface area contributed by atoms with Crippen LogP contribution in [0.5, 0.6) is 0 Å². The third-order valence-electron chi connectivity index (χ3n) is 12.0. The van der Waals surface area contributed by atoms with E-state index in [0.717, 1.165) is 17.1 Å². The summed E-state index contributed by atoms with van der Waals surface area (Å²) in [5.74, 6) is 0. The van der Waals surface area contributed by atoms with E-state index in [0.29, 0.717) is 0 Å². The first-order chi connectivity index (χ1) is 30.2. The summed E-state index contributed by atoms with van der Waals surface area (Å²) in [6.45, 7) is 0. The molecule has 1 heteroatoms. The third kappa shape index (κ3) is 7.13. The topological polar surface area (TPSA) is 3.24 Å². The quantitative estimate of drug-likeness (QED) is 0.149. The Hall–Kier alpha value is -8.00. The summed E-state index contributed by atoms with van der Waals surface area (Å²) >= 11 is 0. The van der Waals surface area contributed by atoms with Gasteiger partial charge in [-0.05, 0) is 149 Å². The zero-order valence-corrected chi connectivity index (χ0v) is 33.6. The van der Waals surface area contributed by atoms with Gasteiger partial charge >= 0.3 is 0 Å². The molecule has 0 heterocycles. The van der Waals surface area contributed by atoms with Crippen molar-refractivity contribution in [1.29, 1.82) is 0 Å². The first kappa shape index (κ1) is 36.1. The third-order valence-corrected chi connectivity index (χ3v) is 12.0. The van der Waals surface area contributed by atoms with Crippen molar-refractivity contribution in [3.63, 3.8) is 0 Å². The minimum Gasteiger partial charge on any atom is -0.311 e. The van der Waals surface area contributed by atoms with E-state index < -0.39 is 0 Å². The van der Waals surface area contributed by atoms with Crippen LogP contribution in [0.3, 0.4) is 0 Å². The standard InChI is InChI=1S/C60H41N/c1-2-10-42(11-3-1)46-24-31-56(32-25-46)61(57-33-26-47(27-34-57)52-21-18-43-12-4-7-15-49(43)38-52)58-35-28-48(29-36-58)60-41-54(53-22-19-44-13-5-8-16-50(44)39-53)30-37-59(60)55-23-20-45-14-6-9-17-51(45)40-55/h1-41H. The average molecular weight is 776 g/mol. The molecule has 0 aliphatic rings. The number of nitrogens with zero attached hydrogens (tertiary/aromatic N) is 1. The molecule has 1 nitrogen and oxygen atoms in total. The largest absolute Gasteiger partial charge is 0.311 e. The Morgan fingerprint density at radius 3 is 1.02 bits per heavy atom. The lowest BCUT2D eigenvalue weighted by Crippen LogP contribution is -2.09. The lowest BCUT2D eigenvalue weighted by atomic mass is 9.89. The molecule has 0 aliphatic carbocycles. The van der Waals surface area contributed by atoms with E-state index in [1.165, 1.54) is 88.0 Å². The molecule has 11 aromatic carbocycles. The summed E-state index contributed by atoms with van der Waals surface area (Å²) in [6.07, 6.45) is 0. The van der Waals surface area contributed by atoms with Gasteiger partial charge in [-0.25, -0.2) is 0 Å². The Morgan fingerprint density at radius 2 is 0.508 bits per heavy atom. The van der Waals surface area contributed by atoms with Gasteiger partial charge in [0.1, 0.15) is 0 Å². The molecule has 0 radical (unpaired) electrons. The van der Waals surface area contributed by atoms with Crippen molar-refractivity contribution >= 4 is 49.4 Å². The Morgan fingerprint density at radius 1 is 0.180 bits per heavy atom. The molecule has 11 rings (SSSR count). The highest BCUT2D eigenvalue weighted by Gasteiger charge is 2.16. The fourth-order valence-electron chi connectivity index (χ4n) is 8.78. The summed E-state index contributed by atoms with van der Waals surface area (Å²) in [5, 5.41) is 7.47. The molecule has 0 bridgehead atoms.